The third-order valence-corrected chi connectivity index (χ3v) is 7.48. The Bertz CT molecular complexity index is 964. The van der Waals surface area contributed by atoms with Crippen LogP contribution >= 0.6 is 31.9 Å². The molecule has 0 aliphatic carbocycles. The van der Waals surface area contributed by atoms with Gasteiger partial charge in [-0.05, 0) is 46.1 Å². The van der Waals surface area contributed by atoms with Gasteiger partial charge < -0.3 is 9.64 Å². The molecule has 0 amide bonds. The van der Waals surface area contributed by atoms with Crippen molar-refractivity contribution in [2.24, 2.45) is 0 Å². The van der Waals surface area contributed by atoms with E-state index in [-0.39, 0.29) is 17.0 Å². The fourth-order valence-corrected chi connectivity index (χ4v) is 5.88. The maximum atomic E-state index is 12.8. The Balaban J connectivity index is 1.61. The summed E-state index contributed by atoms with van der Waals surface area (Å²) >= 11 is 6.59. The van der Waals surface area contributed by atoms with Crippen molar-refractivity contribution >= 4 is 41.9 Å². The predicted molar refractivity (Wildman–Crippen MR) is 113 cm³/mol. The summed E-state index contributed by atoms with van der Waals surface area (Å²) in [5.41, 5.74) is 1.06. The zero-order valence-electron chi connectivity index (χ0n) is 14.9. The van der Waals surface area contributed by atoms with Crippen LogP contribution in [0.1, 0.15) is 12.0 Å². The van der Waals surface area contributed by atoms with Crippen molar-refractivity contribution in [3.63, 3.8) is 0 Å². The lowest BCUT2D eigenvalue weighted by atomic mass is 10.2. The highest BCUT2D eigenvalue weighted by atomic mass is 79.9. The number of likely N-dealkylation sites (tertiary alicyclic amines) is 1. The molecule has 1 aliphatic rings. The summed E-state index contributed by atoms with van der Waals surface area (Å²) in [6.07, 6.45) is 2.65. The quantitative estimate of drug-likeness (QED) is 0.555. The third-order valence-electron chi connectivity index (χ3n) is 4.47. The largest absolute Gasteiger partial charge is 0.375 e. The molecule has 9 heteroatoms. The number of rotatable bonds is 7. The van der Waals surface area contributed by atoms with Crippen LogP contribution in [0.2, 0.25) is 0 Å². The summed E-state index contributed by atoms with van der Waals surface area (Å²) in [5, 5.41) is 9.40. The highest BCUT2D eigenvalue weighted by molar-refractivity contribution is 9.11. The summed E-state index contributed by atoms with van der Waals surface area (Å²) < 4.78 is 35.2. The van der Waals surface area contributed by atoms with Gasteiger partial charge in [0.2, 0.25) is 10.0 Å². The fourth-order valence-electron chi connectivity index (χ4n) is 3.14. The lowest BCUT2D eigenvalue weighted by Crippen LogP contribution is -2.36. The Hall–Kier alpha value is -1.44. The van der Waals surface area contributed by atoms with E-state index in [1.165, 1.54) is 0 Å². The van der Waals surface area contributed by atoms with E-state index < -0.39 is 10.0 Å². The molecular formula is C19H19Br2N3O3S. The van der Waals surface area contributed by atoms with E-state index in [9.17, 15) is 13.7 Å². The Morgan fingerprint density at radius 2 is 1.96 bits per heavy atom. The molecule has 2 atom stereocenters. The van der Waals surface area contributed by atoms with Crippen LogP contribution in [0, 0.1) is 11.5 Å². The molecule has 148 valence electrons. The molecule has 0 radical (unpaired) electrons. The summed E-state index contributed by atoms with van der Waals surface area (Å²) in [4.78, 5) is 1.74. The van der Waals surface area contributed by atoms with Crippen molar-refractivity contribution in [2.45, 2.75) is 30.0 Å². The van der Waals surface area contributed by atoms with Crippen LogP contribution in [0.25, 0.3) is 0 Å². The molecule has 0 saturated carbocycles. The summed E-state index contributed by atoms with van der Waals surface area (Å²) in [6, 6.07) is 14.2. The fraction of sp³-hybridized carbons (Fsp3) is 0.316. The highest BCUT2D eigenvalue weighted by Crippen LogP contribution is 2.27. The smallest absolute Gasteiger partial charge is 0.242 e. The van der Waals surface area contributed by atoms with E-state index >= 15 is 0 Å². The molecule has 1 heterocycles. The minimum atomic E-state index is -3.72. The van der Waals surface area contributed by atoms with E-state index in [1.54, 1.807) is 23.1 Å². The monoisotopic (exact) mass is 527 g/mol. The topological polar surface area (TPSA) is 82.4 Å². The molecule has 0 unspecified atom stereocenters. The van der Waals surface area contributed by atoms with Crippen LogP contribution in [-0.4, -0.2) is 38.6 Å². The van der Waals surface area contributed by atoms with Gasteiger partial charge in [-0.15, -0.1) is 0 Å². The standard InChI is InChI=1S/C19H19Br2N3O3S/c20-15-6-7-18(21)19(8-15)28(25,26)23-16-9-17(24(10-16)13-22)12-27-11-14-4-2-1-3-5-14/h1-8,16-17,23H,9-12H2/t16-,17-/m1/s1. The molecule has 28 heavy (non-hydrogen) atoms. The predicted octanol–water partition coefficient (Wildman–Crippen LogP) is 3.63. The molecule has 1 aliphatic heterocycles. The number of sulfonamides is 1. The molecule has 1 saturated heterocycles. The maximum absolute atomic E-state index is 12.8. The minimum absolute atomic E-state index is 0.160. The van der Waals surface area contributed by atoms with Crippen molar-refractivity contribution < 1.29 is 13.2 Å². The summed E-state index contributed by atoms with van der Waals surface area (Å²) in [6.45, 7) is 1.14. The lowest BCUT2D eigenvalue weighted by molar-refractivity contribution is 0.0820. The second-order valence-electron chi connectivity index (χ2n) is 6.54. The van der Waals surface area contributed by atoms with Gasteiger partial charge in [0, 0.05) is 21.5 Å². The Morgan fingerprint density at radius 3 is 2.68 bits per heavy atom. The van der Waals surface area contributed by atoms with Gasteiger partial charge in [0.05, 0.1) is 24.2 Å². The van der Waals surface area contributed by atoms with Crippen molar-refractivity contribution in [1.82, 2.24) is 9.62 Å². The maximum Gasteiger partial charge on any atom is 0.242 e. The molecule has 0 aromatic heterocycles. The Kier molecular flexibility index (Phi) is 7.12. The third kappa shape index (κ3) is 5.33. The first kappa shape index (κ1) is 21.3. The highest BCUT2D eigenvalue weighted by Gasteiger charge is 2.34. The van der Waals surface area contributed by atoms with E-state index in [4.69, 9.17) is 4.74 Å². The zero-order valence-corrected chi connectivity index (χ0v) is 18.9. The average molecular weight is 529 g/mol. The Morgan fingerprint density at radius 1 is 1.21 bits per heavy atom. The van der Waals surface area contributed by atoms with Gasteiger partial charge in [0.25, 0.3) is 0 Å². The van der Waals surface area contributed by atoms with Crippen LogP contribution in [0.3, 0.4) is 0 Å². The van der Waals surface area contributed by atoms with Gasteiger partial charge in [-0.1, -0.05) is 46.3 Å². The van der Waals surface area contributed by atoms with Gasteiger partial charge in [-0.2, -0.15) is 5.26 Å². The van der Waals surface area contributed by atoms with Crippen LogP contribution in [-0.2, 0) is 21.4 Å². The molecule has 2 aromatic carbocycles. The molecule has 1 N–H and O–H groups in total. The van der Waals surface area contributed by atoms with E-state index in [0.717, 1.165) is 5.56 Å². The van der Waals surface area contributed by atoms with Gasteiger partial charge in [-0.3, -0.25) is 0 Å². The molecular weight excluding hydrogens is 510 g/mol. The lowest BCUT2D eigenvalue weighted by Gasteiger charge is -2.17. The molecule has 6 nitrogen and oxygen atoms in total. The van der Waals surface area contributed by atoms with Gasteiger partial charge in [0.15, 0.2) is 6.19 Å². The number of nitrogens with one attached hydrogen (secondary N) is 1. The summed E-state index contributed by atoms with van der Waals surface area (Å²) in [7, 11) is -3.72. The van der Waals surface area contributed by atoms with Crippen molar-refractivity contribution in [3.8, 4) is 6.19 Å². The molecule has 2 aromatic rings. The van der Waals surface area contributed by atoms with Crippen LogP contribution in [0.5, 0.6) is 0 Å². The van der Waals surface area contributed by atoms with Gasteiger partial charge in [-0.25, -0.2) is 13.1 Å². The van der Waals surface area contributed by atoms with Crippen LogP contribution in [0.4, 0.5) is 0 Å². The molecule has 0 spiro atoms. The van der Waals surface area contributed by atoms with Gasteiger partial charge >= 0.3 is 0 Å². The first-order chi connectivity index (χ1) is 13.4. The zero-order chi connectivity index (χ0) is 20.1. The van der Waals surface area contributed by atoms with Crippen molar-refractivity contribution in [1.29, 1.82) is 5.26 Å². The number of halogens is 2. The normalized spacial score (nSPS) is 19.5. The number of nitrogens with zero attached hydrogens (tertiary/aromatic N) is 2. The number of hydrogen-bond acceptors (Lipinski definition) is 5. The first-order valence-corrected chi connectivity index (χ1v) is 11.7. The molecule has 3 rings (SSSR count). The molecule has 1 fully saturated rings. The molecule has 0 bridgehead atoms. The van der Waals surface area contributed by atoms with Crippen molar-refractivity contribution in [2.75, 3.05) is 13.2 Å². The van der Waals surface area contributed by atoms with Crippen molar-refractivity contribution in [3.05, 3.63) is 63.0 Å². The number of benzene rings is 2. The number of ether oxygens (including phenoxy) is 1. The second-order valence-corrected chi connectivity index (χ2v) is 9.99. The SMILES string of the molecule is N#CN1C[C@H](NS(=O)(=O)c2cc(Br)ccc2Br)C[C@@H]1COCc1ccccc1. The van der Waals surface area contributed by atoms with Gasteiger partial charge in [0.1, 0.15) is 0 Å². The Labute approximate surface area is 181 Å². The first-order valence-electron chi connectivity index (χ1n) is 8.64. The minimum Gasteiger partial charge on any atom is -0.375 e. The number of nitriles is 1. The van der Waals surface area contributed by atoms with E-state index in [2.05, 4.69) is 42.8 Å². The van der Waals surface area contributed by atoms with E-state index in [0.29, 0.717) is 35.1 Å². The van der Waals surface area contributed by atoms with Crippen LogP contribution < -0.4 is 4.72 Å². The summed E-state index contributed by atoms with van der Waals surface area (Å²) in [5.74, 6) is 0. The second kappa shape index (κ2) is 9.37. The van der Waals surface area contributed by atoms with Crippen LogP contribution in [0.15, 0.2) is 62.4 Å². The van der Waals surface area contributed by atoms with E-state index in [1.807, 2.05) is 30.3 Å². The average Bonchev–Trinajstić information content (AvgIpc) is 3.05. The number of hydrogen-bond donors (Lipinski definition) is 1.